The summed E-state index contributed by atoms with van der Waals surface area (Å²) in [6, 6.07) is 11.3. The first-order valence-electron chi connectivity index (χ1n) is 6.24. The van der Waals surface area contributed by atoms with Crippen LogP contribution >= 0.6 is 15.9 Å². The van der Waals surface area contributed by atoms with E-state index in [4.69, 9.17) is 4.74 Å². The van der Waals surface area contributed by atoms with Crippen LogP contribution in [0.2, 0.25) is 0 Å². The van der Waals surface area contributed by atoms with Crippen molar-refractivity contribution >= 4 is 15.9 Å². The van der Waals surface area contributed by atoms with Gasteiger partial charge in [-0.3, -0.25) is 4.90 Å². The van der Waals surface area contributed by atoms with Crippen molar-refractivity contribution in [2.24, 2.45) is 5.92 Å². The third-order valence-corrected chi connectivity index (χ3v) is 5.40. The fraction of sp³-hybridized carbons (Fsp3) is 0.571. The highest BCUT2D eigenvalue weighted by molar-refractivity contribution is 9.09. The maximum absolute atomic E-state index is 5.61. The average molecular weight is 296 g/mol. The molecule has 2 aliphatic rings. The van der Waals surface area contributed by atoms with Crippen molar-refractivity contribution in [2.45, 2.75) is 29.9 Å². The van der Waals surface area contributed by atoms with Gasteiger partial charge in [0, 0.05) is 31.1 Å². The molecule has 17 heavy (non-hydrogen) atoms. The molecule has 2 bridgehead atoms. The second-order valence-corrected chi connectivity index (χ2v) is 6.18. The average Bonchev–Trinajstić information content (AvgIpc) is 2.83. The lowest BCUT2D eigenvalue weighted by Gasteiger charge is -2.32. The Morgan fingerprint density at radius 3 is 2.76 bits per heavy atom. The topological polar surface area (TPSA) is 12.5 Å². The van der Waals surface area contributed by atoms with Crippen LogP contribution in [0.1, 0.15) is 12.0 Å². The van der Waals surface area contributed by atoms with Crippen molar-refractivity contribution in [3.63, 3.8) is 0 Å². The molecule has 0 amide bonds. The Hall–Kier alpha value is -0.380. The first-order valence-corrected chi connectivity index (χ1v) is 7.16. The van der Waals surface area contributed by atoms with E-state index in [0.29, 0.717) is 17.0 Å². The molecule has 1 aromatic carbocycles. The fourth-order valence-electron chi connectivity index (χ4n) is 3.31. The van der Waals surface area contributed by atoms with E-state index in [-0.39, 0.29) is 0 Å². The van der Waals surface area contributed by atoms with Crippen molar-refractivity contribution in [3.05, 3.63) is 35.9 Å². The first kappa shape index (κ1) is 11.7. The zero-order valence-electron chi connectivity index (χ0n) is 10.1. The van der Waals surface area contributed by atoms with Gasteiger partial charge in [0.1, 0.15) is 0 Å². The van der Waals surface area contributed by atoms with E-state index in [1.165, 1.54) is 18.5 Å². The van der Waals surface area contributed by atoms with Crippen LogP contribution in [-0.2, 0) is 11.3 Å². The summed E-state index contributed by atoms with van der Waals surface area (Å²) in [6.45, 7) is 2.25. The summed E-state index contributed by atoms with van der Waals surface area (Å²) in [5.74, 6) is 0.758. The highest BCUT2D eigenvalue weighted by Crippen LogP contribution is 2.44. The largest absolute Gasteiger partial charge is 0.380 e. The molecule has 2 nitrogen and oxygen atoms in total. The zero-order chi connectivity index (χ0) is 11.8. The number of alkyl halides is 1. The summed E-state index contributed by atoms with van der Waals surface area (Å²) in [6.07, 6.45) is 1.62. The van der Waals surface area contributed by atoms with Gasteiger partial charge in [-0.15, -0.1) is 0 Å². The SMILES string of the molecule is CO[C@@H]1C[C@@H]2CN(Cc3ccccc3)[C@H]1[C@@H]2Br. The van der Waals surface area contributed by atoms with Gasteiger partial charge in [0.2, 0.25) is 0 Å². The molecular weight excluding hydrogens is 278 g/mol. The number of benzene rings is 1. The molecule has 3 heteroatoms. The molecule has 1 aliphatic carbocycles. The molecule has 1 heterocycles. The van der Waals surface area contributed by atoms with E-state index in [2.05, 4.69) is 51.2 Å². The molecule has 1 aliphatic heterocycles. The van der Waals surface area contributed by atoms with Crippen molar-refractivity contribution in [2.75, 3.05) is 13.7 Å². The van der Waals surface area contributed by atoms with Crippen LogP contribution in [0, 0.1) is 5.92 Å². The van der Waals surface area contributed by atoms with Crippen molar-refractivity contribution < 1.29 is 4.74 Å². The van der Waals surface area contributed by atoms with E-state index in [1.54, 1.807) is 0 Å². The van der Waals surface area contributed by atoms with Crippen LogP contribution in [0.5, 0.6) is 0 Å². The van der Waals surface area contributed by atoms with E-state index in [0.717, 1.165) is 12.5 Å². The number of rotatable bonds is 3. The molecule has 2 fully saturated rings. The van der Waals surface area contributed by atoms with Gasteiger partial charge >= 0.3 is 0 Å². The Bertz CT molecular complexity index is 383. The lowest BCUT2D eigenvalue weighted by molar-refractivity contribution is 0.0172. The molecule has 0 N–H and O–H groups in total. The number of likely N-dealkylation sites (tertiary alicyclic amines) is 1. The van der Waals surface area contributed by atoms with E-state index in [1.807, 2.05) is 7.11 Å². The van der Waals surface area contributed by atoms with Gasteiger partial charge in [0.15, 0.2) is 0 Å². The van der Waals surface area contributed by atoms with Crippen LogP contribution in [0.15, 0.2) is 30.3 Å². The smallest absolute Gasteiger partial charge is 0.0741 e. The van der Waals surface area contributed by atoms with Crippen LogP contribution in [-0.4, -0.2) is 35.5 Å². The van der Waals surface area contributed by atoms with Gasteiger partial charge in [-0.1, -0.05) is 46.3 Å². The number of hydrogen-bond donors (Lipinski definition) is 0. The Balaban J connectivity index is 1.73. The first-order chi connectivity index (χ1) is 8.29. The Labute approximate surface area is 111 Å². The molecular formula is C14H18BrNO. The van der Waals surface area contributed by atoms with Crippen LogP contribution < -0.4 is 0 Å². The van der Waals surface area contributed by atoms with Crippen molar-refractivity contribution in [1.29, 1.82) is 0 Å². The molecule has 1 saturated heterocycles. The predicted octanol–water partition coefficient (Wildman–Crippen LogP) is 2.67. The summed E-state index contributed by atoms with van der Waals surface area (Å²) in [5, 5.41) is 0. The van der Waals surface area contributed by atoms with Gasteiger partial charge in [-0.25, -0.2) is 0 Å². The number of fused-ring (bicyclic) bond motifs is 2. The number of nitrogens with zero attached hydrogens (tertiary/aromatic N) is 1. The lowest BCUT2D eigenvalue weighted by atomic mass is 10.1. The molecule has 92 valence electrons. The number of ether oxygens (including phenoxy) is 1. The summed E-state index contributed by atoms with van der Waals surface area (Å²) < 4.78 is 5.61. The number of piperidine rings is 1. The monoisotopic (exact) mass is 295 g/mol. The van der Waals surface area contributed by atoms with Crippen molar-refractivity contribution in [3.8, 4) is 0 Å². The van der Waals surface area contributed by atoms with Crippen LogP contribution in [0.4, 0.5) is 0 Å². The number of methoxy groups -OCH3 is 1. The fourth-order valence-corrected chi connectivity index (χ4v) is 4.37. The van der Waals surface area contributed by atoms with Crippen molar-refractivity contribution in [1.82, 2.24) is 4.90 Å². The summed E-state index contributed by atoms with van der Waals surface area (Å²) >= 11 is 3.84. The predicted molar refractivity (Wildman–Crippen MR) is 72.3 cm³/mol. The molecule has 4 atom stereocenters. The lowest BCUT2D eigenvalue weighted by Crippen LogP contribution is -2.42. The Morgan fingerprint density at radius 1 is 1.35 bits per heavy atom. The van der Waals surface area contributed by atoms with Gasteiger partial charge in [0.25, 0.3) is 0 Å². The number of halogens is 1. The molecule has 0 spiro atoms. The number of hydrogen-bond acceptors (Lipinski definition) is 2. The molecule has 0 radical (unpaired) electrons. The minimum atomic E-state index is 0.404. The summed E-state index contributed by atoms with van der Waals surface area (Å²) in [7, 11) is 1.84. The summed E-state index contributed by atoms with van der Waals surface area (Å²) in [5.41, 5.74) is 1.40. The van der Waals surface area contributed by atoms with Gasteiger partial charge in [-0.2, -0.15) is 0 Å². The van der Waals surface area contributed by atoms with Crippen LogP contribution in [0.3, 0.4) is 0 Å². The molecule has 0 aromatic heterocycles. The maximum atomic E-state index is 5.61. The van der Waals surface area contributed by atoms with Gasteiger partial charge in [0.05, 0.1) is 6.10 Å². The highest BCUT2D eigenvalue weighted by Gasteiger charge is 2.51. The van der Waals surface area contributed by atoms with E-state index >= 15 is 0 Å². The van der Waals surface area contributed by atoms with E-state index in [9.17, 15) is 0 Å². The minimum Gasteiger partial charge on any atom is -0.380 e. The quantitative estimate of drug-likeness (QED) is 0.795. The van der Waals surface area contributed by atoms with Gasteiger partial charge in [-0.05, 0) is 17.9 Å². The molecule has 3 rings (SSSR count). The van der Waals surface area contributed by atoms with Gasteiger partial charge < -0.3 is 4.74 Å². The summed E-state index contributed by atoms with van der Waals surface area (Å²) in [4.78, 5) is 3.17. The Morgan fingerprint density at radius 2 is 2.12 bits per heavy atom. The molecule has 1 aromatic rings. The third-order valence-electron chi connectivity index (χ3n) is 4.11. The second kappa shape index (κ2) is 4.71. The van der Waals surface area contributed by atoms with E-state index < -0.39 is 0 Å². The molecule has 0 unspecified atom stereocenters. The highest BCUT2D eigenvalue weighted by atomic mass is 79.9. The van der Waals surface area contributed by atoms with Crippen LogP contribution in [0.25, 0.3) is 0 Å². The normalized spacial score (nSPS) is 36.6. The third kappa shape index (κ3) is 2.05. The Kier molecular flexibility index (Phi) is 3.24. The second-order valence-electron chi connectivity index (χ2n) is 5.12. The zero-order valence-corrected chi connectivity index (χ0v) is 11.6. The minimum absolute atomic E-state index is 0.404. The molecule has 1 saturated carbocycles. The maximum Gasteiger partial charge on any atom is 0.0741 e. The standard InChI is InChI=1S/C14H18BrNO/c1-17-12-7-11-9-16(14(12)13(11)15)8-10-5-3-2-4-6-10/h2-6,11-14H,7-9H2,1H3/t11-,12-,13-,14-/m1/s1.